The van der Waals surface area contributed by atoms with Crippen molar-refractivity contribution in [3.8, 4) is 6.07 Å². The lowest BCUT2D eigenvalue weighted by Crippen LogP contribution is -2.25. The maximum Gasteiger partial charge on any atom is 0.374 e. The van der Waals surface area contributed by atoms with Crippen LogP contribution in [-0.4, -0.2) is 34.6 Å². The fourth-order valence-corrected chi connectivity index (χ4v) is 1.98. The van der Waals surface area contributed by atoms with Gasteiger partial charge >= 0.3 is 5.97 Å². The molecule has 6 heteroatoms. The number of benzene rings is 1. The number of nitriles is 1. The van der Waals surface area contributed by atoms with E-state index in [2.05, 4.69) is 16.0 Å². The summed E-state index contributed by atoms with van der Waals surface area (Å²) in [5.74, 6) is -1.06. The van der Waals surface area contributed by atoms with Gasteiger partial charge in [-0.2, -0.15) is 5.26 Å². The number of hydrogen-bond donors (Lipinski definition) is 1. The second kappa shape index (κ2) is 5.53. The zero-order chi connectivity index (χ0) is 14.7. The Balaban J connectivity index is 2.55. The quantitative estimate of drug-likeness (QED) is 0.912. The summed E-state index contributed by atoms with van der Waals surface area (Å²) < 4.78 is 0. The van der Waals surface area contributed by atoms with E-state index in [1.807, 2.05) is 12.1 Å². The lowest BCUT2D eigenvalue weighted by Gasteiger charge is -2.21. The monoisotopic (exact) mass is 270 g/mol. The van der Waals surface area contributed by atoms with Gasteiger partial charge in [-0.1, -0.05) is 12.1 Å². The first-order valence-corrected chi connectivity index (χ1v) is 6.13. The van der Waals surface area contributed by atoms with Crippen LogP contribution in [0.4, 0.5) is 5.82 Å². The zero-order valence-electron chi connectivity index (χ0n) is 11.2. The van der Waals surface area contributed by atoms with Crippen molar-refractivity contribution in [1.29, 1.82) is 5.26 Å². The van der Waals surface area contributed by atoms with Gasteiger partial charge in [0, 0.05) is 19.0 Å². The minimum Gasteiger partial charge on any atom is -0.475 e. The van der Waals surface area contributed by atoms with E-state index in [0.717, 1.165) is 5.39 Å². The molecule has 0 saturated heterocycles. The molecule has 0 aliphatic heterocycles. The normalized spacial score (nSPS) is 11.8. The predicted molar refractivity (Wildman–Crippen MR) is 74.5 cm³/mol. The summed E-state index contributed by atoms with van der Waals surface area (Å²) in [6.45, 7) is 2.27. The summed E-state index contributed by atoms with van der Waals surface area (Å²) in [6.07, 6.45) is 0. The topological polar surface area (TPSA) is 90.1 Å². The van der Waals surface area contributed by atoms with Gasteiger partial charge in [0.15, 0.2) is 0 Å². The Kier molecular flexibility index (Phi) is 3.80. The number of carboxylic acids is 1. The van der Waals surface area contributed by atoms with Crippen LogP contribution in [0.3, 0.4) is 0 Å². The highest BCUT2D eigenvalue weighted by molar-refractivity contribution is 5.93. The number of para-hydroxylation sites is 1. The van der Waals surface area contributed by atoms with Crippen LogP contribution < -0.4 is 4.90 Å². The van der Waals surface area contributed by atoms with Crippen LogP contribution in [0.25, 0.3) is 10.9 Å². The van der Waals surface area contributed by atoms with Crippen LogP contribution in [-0.2, 0) is 0 Å². The molecule has 1 heterocycles. The first-order chi connectivity index (χ1) is 9.52. The van der Waals surface area contributed by atoms with Crippen molar-refractivity contribution < 1.29 is 9.90 Å². The molecule has 2 rings (SSSR count). The molecule has 1 N–H and O–H groups in total. The van der Waals surface area contributed by atoms with Gasteiger partial charge in [-0.15, -0.1) is 0 Å². The fraction of sp³-hybridized carbons (Fsp3) is 0.286. The standard InChI is InChI=1S/C14H14N4O2/c1-9(7-15)8-18(2)13-10-5-3-4-6-11(10)16-12(17-13)14(19)20/h3-6,9H,8H2,1-2H3,(H,19,20). The summed E-state index contributed by atoms with van der Waals surface area (Å²) >= 11 is 0. The molecule has 0 fully saturated rings. The Morgan fingerprint density at radius 2 is 2.15 bits per heavy atom. The molecule has 0 aliphatic rings. The first-order valence-electron chi connectivity index (χ1n) is 6.13. The lowest BCUT2D eigenvalue weighted by atomic mass is 10.2. The maximum atomic E-state index is 11.1. The Bertz CT molecular complexity index is 693. The van der Waals surface area contributed by atoms with Crippen molar-refractivity contribution in [1.82, 2.24) is 9.97 Å². The number of hydrogen-bond acceptors (Lipinski definition) is 5. The largest absolute Gasteiger partial charge is 0.475 e. The molecule has 1 unspecified atom stereocenters. The highest BCUT2D eigenvalue weighted by Crippen LogP contribution is 2.23. The molecule has 1 aromatic carbocycles. The molecule has 0 radical (unpaired) electrons. The zero-order valence-corrected chi connectivity index (χ0v) is 11.2. The summed E-state index contributed by atoms with van der Waals surface area (Å²) in [5.41, 5.74) is 0.575. The average Bonchev–Trinajstić information content (AvgIpc) is 2.45. The summed E-state index contributed by atoms with van der Waals surface area (Å²) in [7, 11) is 1.79. The number of aromatic nitrogens is 2. The molecular formula is C14H14N4O2. The van der Waals surface area contributed by atoms with Crippen LogP contribution in [0.5, 0.6) is 0 Å². The number of anilines is 1. The molecule has 0 aliphatic carbocycles. The number of rotatable bonds is 4. The van der Waals surface area contributed by atoms with Crippen molar-refractivity contribution in [3.05, 3.63) is 30.1 Å². The number of carbonyl (C=O) groups is 1. The van der Waals surface area contributed by atoms with Gasteiger partial charge in [0.1, 0.15) is 5.82 Å². The van der Waals surface area contributed by atoms with Gasteiger partial charge in [-0.25, -0.2) is 14.8 Å². The van der Waals surface area contributed by atoms with E-state index in [4.69, 9.17) is 10.4 Å². The smallest absolute Gasteiger partial charge is 0.374 e. The third kappa shape index (κ3) is 2.67. The number of nitrogens with zero attached hydrogens (tertiary/aromatic N) is 4. The Morgan fingerprint density at radius 1 is 1.45 bits per heavy atom. The third-order valence-corrected chi connectivity index (χ3v) is 2.90. The van der Waals surface area contributed by atoms with E-state index < -0.39 is 5.97 Å². The van der Waals surface area contributed by atoms with Gasteiger partial charge in [-0.05, 0) is 19.1 Å². The third-order valence-electron chi connectivity index (χ3n) is 2.90. The molecule has 0 saturated carbocycles. The number of carboxylic acid groups (broad SMARTS) is 1. The highest BCUT2D eigenvalue weighted by atomic mass is 16.4. The Labute approximate surface area is 116 Å². The minimum absolute atomic E-state index is 0.179. The van der Waals surface area contributed by atoms with Crippen LogP contribution in [0.1, 0.15) is 17.5 Å². The minimum atomic E-state index is -1.17. The van der Waals surface area contributed by atoms with Crippen molar-refractivity contribution >= 4 is 22.7 Å². The second-order valence-corrected chi connectivity index (χ2v) is 4.60. The molecule has 1 atom stereocenters. The molecule has 102 valence electrons. The molecule has 1 aromatic heterocycles. The van der Waals surface area contributed by atoms with Gasteiger partial charge in [0.2, 0.25) is 5.82 Å². The van der Waals surface area contributed by atoms with Crippen molar-refractivity contribution in [2.75, 3.05) is 18.5 Å². The molecule has 0 amide bonds. The fourth-order valence-electron chi connectivity index (χ4n) is 1.98. The van der Waals surface area contributed by atoms with Gasteiger partial charge in [0.05, 0.1) is 17.5 Å². The molecule has 6 nitrogen and oxygen atoms in total. The van der Waals surface area contributed by atoms with E-state index >= 15 is 0 Å². The van der Waals surface area contributed by atoms with Crippen molar-refractivity contribution in [3.63, 3.8) is 0 Å². The van der Waals surface area contributed by atoms with Gasteiger partial charge in [0.25, 0.3) is 0 Å². The summed E-state index contributed by atoms with van der Waals surface area (Å²) in [5, 5.41) is 18.7. The summed E-state index contributed by atoms with van der Waals surface area (Å²) in [4.78, 5) is 21.0. The summed E-state index contributed by atoms with van der Waals surface area (Å²) in [6, 6.07) is 9.37. The number of aromatic carboxylic acids is 1. The van der Waals surface area contributed by atoms with Crippen molar-refractivity contribution in [2.45, 2.75) is 6.92 Å². The van der Waals surface area contributed by atoms with E-state index in [0.29, 0.717) is 17.9 Å². The van der Waals surface area contributed by atoms with Crippen LogP contribution in [0.15, 0.2) is 24.3 Å². The van der Waals surface area contributed by atoms with E-state index in [-0.39, 0.29) is 11.7 Å². The average molecular weight is 270 g/mol. The SMILES string of the molecule is CC(C#N)CN(C)c1nc(C(=O)O)nc2ccccc12. The molecule has 20 heavy (non-hydrogen) atoms. The lowest BCUT2D eigenvalue weighted by molar-refractivity contribution is 0.0684. The van der Waals surface area contributed by atoms with Crippen molar-refractivity contribution in [2.24, 2.45) is 5.92 Å². The predicted octanol–water partition coefficient (Wildman–Crippen LogP) is 1.92. The highest BCUT2D eigenvalue weighted by Gasteiger charge is 2.16. The Hall–Kier alpha value is -2.68. The van der Waals surface area contributed by atoms with E-state index in [9.17, 15) is 4.79 Å². The second-order valence-electron chi connectivity index (χ2n) is 4.60. The van der Waals surface area contributed by atoms with E-state index in [1.54, 1.807) is 31.0 Å². The Morgan fingerprint density at radius 3 is 2.80 bits per heavy atom. The molecular weight excluding hydrogens is 256 g/mol. The van der Waals surface area contributed by atoms with Gasteiger partial charge < -0.3 is 10.0 Å². The van der Waals surface area contributed by atoms with E-state index in [1.165, 1.54) is 0 Å². The first kappa shape index (κ1) is 13.7. The maximum absolute atomic E-state index is 11.1. The molecule has 0 bridgehead atoms. The van der Waals surface area contributed by atoms with Crippen LogP contribution in [0, 0.1) is 17.2 Å². The van der Waals surface area contributed by atoms with Gasteiger partial charge in [-0.3, -0.25) is 0 Å². The molecule has 2 aromatic rings. The molecule has 0 spiro atoms. The van der Waals surface area contributed by atoms with Crippen LogP contribution in [0.2, 0.25) is 0 Å². The number of fused-ring (bicyclic) bond motifs is 1. The van der Waals surface area contributed by atoms with Crippen LogP contribution >= 0.6 is 0 Å².